The summed E-state index contributed by atoms with van der Waals surface area (Å²) in [6.45, 7) is 4.85. The van der Waals surface area contributed by atoms with Gasteiger partial charge in [-0.05, 0) is 30.7 Å². The first-order valence-electron chi connectivity index (χ1n) is 10.1. The number of nitriles is 1. The summed E-state index contributed by atoms with van der Waals surface area (Å²) >= 11 is 6.42. The Kier molecular flexibility index (Phi) is 7.10. The molecule has 0 N–H and O–H groups in total. The van der Waals surface area contributed by atoms with Gasteiger partial charge in [0.2, 0.25) is 0 Å². The highest BCUT2D eigenvalue weighted by Gasteiger charge is 2.26. The third-order valence-electron chi connectivity index (χ3n) is 4.94. The third kappa shape index (κ3) is 4.86. The number of benzene rings is 2. The quantitative estimate of drug-likeness (QED) is 0.384. The molecular weight excluding hydrogens is 445 g/mol. The Morgan fingerprint density at radius 2 is 1.91 bits per heavy atom. The highest BCUT2D eigenvalue weighted by atomic mass is 35.5. The number of aryl methyl sites for hydroxylation is 2. The van der Waals surface area contributed by atoms with Crippen molar-refractivity contribution in [2.45, 2.75) is 20.8 Å². The van der Waals surface area contributed by atoms with Crippen LogP contribution in [-0.4, -0.2) is 15.7 Å². The summed E-state index contributed by atoms with van der Waals surface area (Å²) in [5.74, 6) is -1.91. The van der Waals surface area contributed by atoms with Crippen molar-refractivity contribution in [3.8, 4) is 22.9 Å². The van der Waals surface area contributed by atoms with Crippen molar-refractivity contribution in [3.63, 3.8) is 0 Å². The van der Waals surface area contributed by atoms with E-state index in [-0.39, 0.29) is 33.2 Å². The van der Waals surface area contributed by atoms with Gasteiger partial charge in [-0.2, -0.15) is 10.4 Å². The van der Waals surface area contributed by atoms with E-state index in [0.717, 1.165) is 10.7 Å². The maximum atomic E-state index is 15.3. The number of esters is 1. The van der Waals surface area contributed by atoms with Crippen molar-refractivity contribution >= 4 is 29.7 Å². The lowest BCUT2D eigenvalue weighted by Crippen LogP contribution is -2.26. The fourth-order valence-corrected chi connectivity index (χ4v) is 3.44. The molecule has 0 bridgehead atoms. The number of aromatic nitrogens is 2. The third-order valence-corrected chi connectivity index (χ3v) is 5.27. The zero-order chi connectivity index (χ0) is 24.3. The molecule has 6 nitrogen and oxygen atoms in total. The average Bonchev–Trinajstić information content (AvgIpc) is 2.78. The SMILES string of the molecule is Cc1nn(C)c(=O)c(-c2c(F)ccc(Cl)c2/C=C/c2ccccc2C#N)c1OC(=O)C(C)C. The number of nitrogens with zero attached hydrogens (tertiary/aromatic N) is 3. The molecule has 8 heteroatoms. The molecule has 0 atom stereocenters. The standard InChI is InChI=1S/C25H21ClFN3O3/c1-14(2)25(32)33-23-15(3)29-30(4)24(31)22(23)21-18(19(26)11-12-20(21)27)10-9-16-7-5-6-8-17(16)13-28/h5-12,14H,1-4H3/b10-9+. The molecule has 1 aromatic heterocycles. The minimum atomic E-state index is -0.725. The van der Waals surface area contributed by atoms with Crippen LogP contribution in [0.4, 0.5) is 4.39 Å². The molecule has 0 unspecified atom stereocenters. The number of halogens is 2. The van der Waals surface area contributed by atoms with Gasteiger partial charge in [-0.1, -0.05) is 55.8 Å². The number of rotatable bonds is 5. The molecule has 168 valence electrons. The van der Waals surface area contributed by atoms with E-state index in [4.69, 9.17) is 16.3 Å². The number of hydrogen-bond acceptors (Lipinski definition) is 5. The molecule has 3 rings (SSSR count). The molecule has 2 aromatic carbocycles. The molecule has 0 spiro atoms. The molecule has 0 aliphatic carbocycles. The fourth-order valence-electron chi connectivity index (χ4n) is 3.22. The molecule has 0 radical (unpaired) electrons. The van der Waals surface area contributed by atoms with Gasteiger partial charge in [0, 0.05) is 23.2 Å². The highest BCUT2D eigenvalue weighted by Crippen LogP contribution is 2.37. The predicted octanol–water partition coefficient (Wildman–Crippen LogP) is 5.15. The number of carbonyl (C=O) groups excluding carboxylic acids is 1. The topological polar surface area (TPSA) is 85.0 Å². The zero-order valence-electron chi connectivity index (χ0n) is 18.5. The fraction of sp³-hybridized carbons (Fsp3) is 0.200. The van der Waals surface area contributed by atoms with E-state index in [1.165, 1.54) is 19.2 Å². The predicted molar refractivity (Wildman–Crippen MR) is 125 cm³/mol. The summed E-state index contributed by atoms with van der Waals surface area (Å²) < 4.78 is 21.8. The minimum Gasteiger partial charge on any atom is -0.423 e. The first-order chi connectivity index (χ1) is 15.6. The van der Waals surface area contributed by atoms with E-state index in [1.807, 2.05) is 0 Å². The molecular formula is C25H21ClFN3O3. The van der Waals surface area contributed by atoms with E-state index in [9.17, 15) is 14.9 Å². The van der Waals surface area contributed by atoms with E-state index >= 15 is 4.39 Å². The summed E-state index contributed by atoms with van der Waals surface area (Å²) in [4.78, 5) is 25.5. The maximum Gasteiger partial charge on any atom is 0.313 e. The highest BCUT2D eigenvalue weighted by molar-refractivity contribution is 6.32. The van der Waals surface area contributed by atoms with Crippen LogP contribution >= 0.6 is 11.6 Å². The summed E-state index contributed by atoms with van der Waals surface area (Å²) in [5, 5.41) is 13.6. The van der Waals surface area contributed by atoms with Gasteiger partial charge in [0.25, 0.3) is 5.56 Å². The molecule has 1 heterocycles. The number of carbonyl (C=O) groups is 1. The van der Waals surface area contributed by atoms with Crippen molar-refractivity contribution < 1.29 is 13.9 Å². The summed E-state index contributed by atoms with van der Waals surface area (Å²) in [7, 11) is 1.42. The van der Waals surface area contributed by atoms with Crippen LogP contribution in [0.1, 0.15) is 36.2 Å². The molecule has 0 aliphatic heterocycles. The molecule has 0 fully saturated rings. The van der Waals surface area contributed by atoms with Crippen LogP contribution in [0.3, 0.4) is 0 Å². The smallest absolute Gasteiger partial charge is 0.313 e. The molecule has 3 aromatic rings. The monoisotopic (exact) mass is 465 g/mol. The Hall–Kier alpha value is -3.76. The van der Waals surface area contributed by atoms with Gasteiger partial charge in [0.15, 0.2) is 5.75 Å². The normalized spacial score (nSPS) is 11.1. The second-order valence-corrected chi connectivity index (χ2v) is 8.05. The summed E-state index contributed by atoms with van der Waals surface area (Å²) in [5.41, 5.74) is 0.527. The van der Waals surface area contributed by atoms with Gasteiger partial charge in [-0.3, -0.25) is 9.59 Å². The maximum absolute atomic E-state index is 15.3. The van der Waals surface area contributed by atoms with Crippen molar-refractivity contribution in [1.82, 2.24) is 9.78 Å². The Balaban J connectivity index is 2.32. The summed E-state index contributed by atoms with van der Waals surface area (Å²) in [6.07, 6.45) is 3.14. The van der Waals surface area contributed by atoms with Gasteiger partial charge >= 0.3 is 5.97 Å². The van der Waals surface area contributed by atoms with Crippen LogP contribution < -0.4 is 10.3 Å². The van der Waals surface area contributed by atoms with E-state index in [0.29, 0.717) is 11.1 Å². The van der Waals surface area contributed by atoms with Crippen LogP contribution in [0.5, 0.6) is 5.75 Å². The van der Waals surface area contributed by atoms with Gasteiger partial charge in [-0.25, -0.2) is 9.07 Å². The second kappa shape index (κ2) is 9.80. The molecule has 0 amide bonds. The summed E-state index contributed by atoms with van der Waals surface area (Å²) in [6, 6.07) is 11.5. The Morgan fingerprint density at radius 1 is 1.21 bits per heavy atom. The van der Waals surface area contributed by atoms with Gasteiger partial charge in [0.1, 0.15) is 11.5 Å². The van der Waals surface area contributed by atoms with E-state index < -0.39 is 23.3 Å². The zero-order valence-corrected chi connectivity index (χ0v) is 19.3. The van der Waals surface area contributed by atoms with Crippen molar-refractivity contribution in [2.75, 3.05) is 0 Å². The Morgan fingerprint density at radius 3 is 2.58 bits per heavy atom. The van der Waals surface area contributed by atoms with Crippen molar-refractivity contribution in [3.05, 3.63) is 80.0 Å². The first kappa shape index (κ1) is 23.9. The van der Waals surface area contributed by atoms with Crippen LogP contribution in [0, 0.1) is 30.0 Å². The number of ether oxygens (including phenoxy) is 1. The van der Waals surface area contributed by atoms with Crippen LogP contribution in [0.25, 0.3) is 23.3 Å². The van der Waals surface area contributed by atoms with Crippen LogP contribution in [-0.2, 0) is 11.8 Å². The van der Waals surface area contributed by atoms with Crippen LogP contribution in [0.15, 0.2) is 41.2 Å². The molecule has 0 aliphatic rings. The lowest BCUT2D eigenvalue weighted by molar-refractivity contribution is -0.137. The molecule has 0 saturated carbocycles. The Bertz CT molecular complexity index is 1370. The molecule has 0 saturated heterocycles. The molecule has 33 heavy (non-hydrogen) atoms. The van der Waals surface area contributed by atoms with E-state index in [1.54, 1.807) is 51.1 Å². The largest absolute Gasteiger partial charge is 0.423 e. The Labute approximate surface area is 195 Å². The second-order valence-electron chi connectivity index (χ2n) is 7.64. The van der Waals surface area contributed by atoms with Crippen molar-refractivity contribution in [2.24, 2.45) is 13.0 Å². The average molecular weight is 466 g/mol. The van der Waals surface area contributed by atoms with Gasteiger partial charge < -0.3 is 4.74 Å². The number of hydrogen-bond donors (Lipinski definition) is 0. The lowest BCUT2D eigenvalue weighted by Gasteiger charge is -2.17. The first-order valence-corrected chi connectivity index (χ1v) is 10.5. The van der Waals surface area contributed by atoms with Crippen molar-refractivity contribution in [1.29, 1.82) is 5.26 Å². The van der Waals surface area contributed by atoms with Gasteiger partial charge in [-0.15, -0.1) is 0 Å². The van der Waals surface area contributed by atoms with Gasteiger partial charge in [0.05, 0.1) is 23.1 Å². The van der Waals surface area contributed by atoms with Crippen LogP contribution in [0.2, 0.25) is 5.02 Å². The lowest BCUT2D eigenvalue weighted by atomic mass is 9.97. The van der Waals surface area contributed by atoms with E-state index in [2.05, 4.69) is 11.2 Å². The minimum absolute atomic E-state index is 0.120.